The van der Waals surface area contributed by atoms with Gasteiger partial charge in [0.2, 0.25) is 0 Å². The van der Waals surface area contributed by atoms with Gasteiger partial charge in [-0.3, -0.25) is 0 Å². The monoisotopic (exact) mass is 548 g/mol. The van der Waals surface area contributed by atoms with Gasteiger partial charge in [0, 0.05) is 42.8 Å². The molecule has 2 atom stereocenters. The van der Waals surface area contributed by atoms with Crippen molar-refractivity contribution in [1.82, 2.24) is 4.90 Å². The molecule has 0 radical (unpaired) electrons. The fraction of sp³-hybridized carbons (Fsp3) is 0.406. The lowest BCUT2D eigenvalue weighted by atomic mass is 9.69. The highest BCUT2D eigenvalue weighted by molar-refractivity contribution is 6.31. The number of amides is 1. The van der Waals surface area contributed by atoms with Crippen LogP contribution in [0, 0.1) is 0 Å². The van der Waals surface area contributed by atoms with Gasteiger partial charge >= 0.3 is 6.09 Å². The number of ether oxygens (including phenoxy) is 2. The van der Waals surface area contributed by atoms with Gasteiger partial charge in [-0.1, -0.05) is 35.9 Å². The number of nitrogens with zero attached hydrogens (tertiary/aromatic N) is 2. The van der Waals surface area contributed by atoms with Gasteiger partial charge in [0.05, 0.1) is 7.11 Å². The number of methoxy groups -OCH3 is 1. The summed E-state index contributed by atoms with van der Waals surface area (Å²) in [5, 5.41) is 10.9. The van der Waals surface area contributed by atoms with Gasteiger partial charge in [-0.05, 0) is 98.2 Å². The lowest BCUT2D eigenvalue weighted by Crippen LogP contribution is -2.50. The molecule has 0 saturated carbocycles. The maximum Gasteiger partial charge on any atom is 0.410 e. The molecule has 0 bridgehead atoms. The second-order valence-electron chi connectivity index (χ2n) is 11.4. The van der Waals surface area contributed by atoms with E-state index in [0.717, 1.165) is 48.0 Å². The highest BCUT2D eigenvalue weighted by Crippen LogP contribution is 2.49. The third-order valence-corrected chi connectivity index (χ3v) is 8.08. The van der Waals surface area contributed by atoms with E-state index in [0.29, 0.717) is 18.8 Å². The van der Waals surface area contributed by atoms with E-state index in [2.05, 4.69) is 35.2 Å². The second-order valence-corrected chi connectivity index (χ2v) is 11.8. The van der Waals surface area contributed by atoms with Crippen molar-refractivity contribution in [3.05, 3.63) is 87.9 Å². The van der Waals surface area contributed by atoms with E-state index < -0.39 is 5.60 Å². The van der Waals surface area contributed by atoms with Gasteiger partial charge in [-0.25, -0.2) is 4.79 Å². The minimum atomic E-state index is -0.502. The number of carbonyl (C=O) groups excluding carboxylic acids is 1. The number of phenols is 1. The maximum atomic E-state index is 12.5. The summed E-state index contributed by atoms with van der Waals surface area (Å²) in [6.07, 6.45) is 1.59. The Hall–Kier alpha value is -3.38. The summed E-state index contributed by atoms with van der Waals surface area (Å²) >= 11 is 7.05. The molecular weight excluding hydrogens is 512 g/mol. The number of hydrogen-bond donors (Lipinski definition) is 1. The zero-order valence-corrected chi connectivity index (χ0v) is 23.9. The Morgan fingerprint density at radius 1 is 0.949 bits per heavy atom. The van der Waals surface area contributed by atoms with Crippen molar-refractivity contribution in [3.63, 3.8) is 0 Å². The van der Waals surface area contributed by atoms with Gasteiger partial charge in [-0.15, -0.1) is 0 Å². The minimum Gasteiger partial charge on any atom is -0.508 e. The third-order valence-electron chi connectivity index (χ3n) is 7.75. The first-order valence-corrected chi connectivity index (χ1v) is 14.0. The van der Waals surface area contributed by atoms with Crippen LogP contribution in [0.5, 0.6) is 11.5 Å². The lowest BCUT2D eigenvalue weighted by molar-refractivity contribution is 0.0240. The zero-order chi connectivity index (χ0) is 27.7. The van der Waals surface area contributed by atoms with Crippen molar-refractivity contribution in [2.75, 3.05) is 38.2 Å². The number of hydrogen-bond acceptors (Lipinski definition) is 5. The summed E-state index contributed by atoms with van der Waals surface area (Å²) in [6, 6.07) is 20.4. The number of carbonyl (C=O) groups is 1. The maximum absolute atomic E-state index is 12.5. The number of anilines is 1. The van der Waals surface area contributed by atoms with Crippen LogP contribution in [0.2, 0.25) is 5.02 Å². The van der Waals surface area contributed by atoms with Crippen LogP contribution in [0.3, 0.4) is 0 Å². The molecule has 6 nitrogen and oxygen atoms in total. The number of rotatable bonds is 4. The topological polar surface area (TPSA) is 62.2 Å². The Morgan fingerprint density at radius 2 is 1.64 bits per heavy atom. The Kier molecular flexibility index (Phi) is 7.68. The van der Waals surface area contributed by atoms with Crippen LogP contribution in [-0.4, -0.2) is 55.0 Å². The lowest BCUT2D eigenvalue weighted by Gasteiger charge is -2.38. The van der Waals surface area contributed by atoms with E-state index >= 15 is 0 Å². The standard InChI is InChI=1S/C32H37ClN2O4/c1-32(2,3)39-31(37)35-17-15-34(16-18-35)23-8-13-28(29(33)20-23)30-26(21-5-10-25(38-4)11-6-21)12-7-22-19-24(36)9-14-27(22)30/h5-6,8-11,13-14,19-20,26,30,36H,7,12,15-18H2,1-4H3. The second kappa shape index (κ2) is 11.0. The van der Waals surface area contributed by atoms with E-state index in [-0.39, 0.29) is 17.9 Å². The largest absolute Gasteiger partial charge is 0.508 e. The molecule has 5 rings (SSSR count). The Balaban J connectivity index is 1.40. The normalized spacial score (nSPS) is 19.4. The molecule has 1 fully saturated rings. The van der Waals surface area contributed by atoms with E-state index in [4.69, 9.17) is 21.1 Å². The summed E-state index contributed by atoms with van der Waals surface area (Å²) < 4.78 is 10.9. The molecule has 1 amide bonds. The Bertz CT molecular complexity index is 1330. The van der Waals surface area contributed by atoms with Crippen molar-refractivity contribution < 1.29 is 19.4 Å². The van der Waals surface area contributed by atoms with Crippen LogP contribution in [0.4, 0.5) is 10.5 Å². The fourth-order valence-corrected chi connectivity index (χ4v) is 6.13. The SMILES string of the molecule is COc1ccc(C2CCc3cc(O)ccc3C2c2ccc(N3CCN(C(=O)OC(C)(C)C)CC3)cc2Cl)cc1. The smallest absolute Gasteiger partial charge is 0.410 e. The quantitative estimate of drug-likeness (QED) is 0.381. The highest BCUT2D eigenvalue weighted by Gasteiger charge is 2.34. The van der Waals surface area contributed by atoms with E-state index in [9.17, 15) is 9.90 Å². The van der Waals surface area contributed by atoms with Crippen molar-refractivity contribution in [2.45, 2.75) is 51.0 Å². The number of fused-ring (bicyclic) bond motifs is 1. The van der Waals surface area contributed by atoms with E-state index in [1.807, 2.05) is 45.0 Å². The summed E-state index contributed by atoms with van der Waals surface area (Å²) in [6.45, 7) is 8.30. The first-order chi connectivity index (χ1) is 18.6. The van der Waals surface area contributed by atoms with Crippen molar-refractivity contribution in [3.8, 4) is 11.5 Å². The van der Waals surface area contributed by atoms with Crippen LogP contribution >= 0.6 is 11.6 Å². The molecule has 1 saturated heterocycles. The van der Waals surface area contributed by atoms with Crippen LogP contribution in [0.25, 0.3) is 0 Å². The number of aryl methyl sites for hydroxylation is 1. The molecule has 1 aliphatic heterocycles. The molecule has 1 heterocycles. The number of benzene rings is 3. The summed E-state index contributed by atoms with van der Waals surface area (Å²) in [4.78, 5) is 16.5. The summed E-state index contributed by atoms with van der Waals surface area (Å²) in [5.41, 5.74) is 5.26. The molecule has 2 unspecified atom stereocenters. The van der Waals surface area contributed by atoms with Gasteiger partial charge in [0.15, 0.2) is 0 Å². The molecular formula is C32H37ClN2O4. The predicted octanol–water partition coefficient (Wildman–Crippen LogP) is 6.97. The molecule has 0 aromatic heterocycles. The first kappa shape index (κ1) is 27.2. The van der Waals surface area contributed by atoms with Gasteiger partial charge in [0.25, 0.3) is 0 Å². The molecule has 1 aliphatic carbocycles. The Morgan fingerprint density at radius 3 is 2.28 bits per heavy atom. The molecule has 2 aliphatic rings. The Labute approximate surface area is 236 Å². The van der Waals surface area contributed by atoms with Crippen molar-refractivity contribution in [1.29, 1.82) is 0 Å². The van der Waals surface area contributed by atoms with Crippen molar-refractivity contribution in [2.24, 2.45) is 0 Å². The van der Waals surface area contributed by atoms with Gasteiger partial charge in [-0.2, -0.15) is 0 Å². The van der Waals surface area contributed by atoms with Crippen LogP contribution in [-0.2, 0) is 11.2 Å². The highest BCUT2D eigenvalue weighted by atomic mass is 35.5. The first-order valence-electron chi connectivity index (χ1n) is 13.6. The molecule has 1 N–H and O–H groups in total. The fourth-order valence-electron chi connectivity index (χ4n) is 5.84. The molecule has 39 heavy (non-hydrogen) atoms. The minimum absolute atomic E-state index is 0.0633. The number of piperazine rings is 1. The molecule has 206 valence electrons. The molecule has 3 aromatic rings. The van der Waals surface area contributed by atoms with E-state index in [1.165, 1.54) is 16.7 Å². The predicted molar refractivity (Wildman–Crippen MR) is 155 cm³/mol. The third kappa shape index (κ3) is 5.96. The number of phenolic OH excluding ortho intramolecular Hbond substituents is 1. The van der Waals surface area contributed by atoms with Crippen LogP contribution in [0.1, 0.15) is 61.3 Å². The van der Waals surface area contributed by atoms with Crippen LogP contribution < -0.4 is 9.64 Å². The summed E-state index contributed by atoms with van der Waals surface area (Å²) in [7, 11) is 1.68. The number of halogens is 1. The summed E-state index contributed by atoms with van der Waals surface area (Å²) in [5.74, 6) is 1.44. The number of aromatic hydroxyl groups is 1. The molecule has 0 spiro atoms. The molecule has 3 aromatic carbocycles. The van der Waals surface area contributed by atoms with Crippen LogP contribution in [0.15, 0.2) is 60.7 Å². The van der Waals surface area contributed by atoms with Crippen molar-refractivity contribution >= 4 is 23.4 Å². The average Bonchev–Trinajstić information content (AvgIpc) is 2.91. The van der Waals surface area contributed by atoms with Gasteiger partial charge in [0.1, 0.15) is 17.1 Å². The zero-order valence-electron chi connectivity index (χ0n) is 23.1. The van der Waals surface area contributed by atoms with Gasteiger partial charge < -0.3 is 24.4 Å². The molecule has 7 heteroatoms. The van der Waals surface area contributed by atoms with E-state index in [1.54, 1.807) is 18.1 Å². The average molecular weight is 549 g/mol.